The van der Waals surface area contributed by atoms with Crippen LogP contribution in [0.25, 0.3) is 0 Å². The van der Waals surface area contributed by atoms with Crippen LogP contribution >= 0.6 is 39.7 Å². The van der Waals surface area contributed by atoms with Gasteiger partial charge in [0.05, 0.1) is 0 Å². The zero-order valence-corrected chi connectivity index (χ0v) is 15.2. The predicted octanol–water partition coefficient (Wildman–Crippen LogP) is 2.93. The monoisotopic (exact) mass is 390 g/mol. The Morgan fingerprint density at radius 3 is 2.47 bits per heavy atom. The lowest BCUT2D eigenvalue weighted by atomic mass is 10.0. The van der Waals surface area contributed by atoms with Gasteiger partial charge in [-0.05, 0) is 39.7 Å². The molecule has 8 heteroatoms. The van der Waals surface area contributed by atoms with Crippen molar-refractivity contribution in [3.63, 3.8) is 0 Å². The summed E-state index contributed by atoms with van der Waals surface area (Å²) in [5.74, 6) is 0.356. The zero-order valence-electron chi connectivity index (χ0n) is 11.2. The van der Waals surface area contributed by atoms with Crippen molar-refractivity contribution >= 4 is 49.7 Å². The van der Waals surface area contributed by atoms with E-state index in [2.05, 4.69) is 15.9 Å². The standard InChI is InChI=1S/C11H19BrN2O2S2.ClH/c1-8(2)10(13)4-6-14(3)18(15,16)11-9(12)5-7-17-11;/h5,7-8,10H,4,6,13H2,1-3H3;1H. The molecule has 0 bridgehead atoms. The Bertz CT molecular complexity index is 491. The van der Waals surface area contributed by atoms with Crippen molar-refractivity contribution in [2.45, 2.75) is 30.5 Å². The highest BCUT2D eigenvalue weighted by Gasteiger charge is 2.25. The molecule has 19 heavy (non-hydrogen) atoms. The molecule has 1 aromatic heterocycles. The molecule has 1 heterocycles. The van der Waals surface area contributed by atoms with E-state index in [1.807, 2.05) is 13.8 Å². The summed E-state index contributed by atoms with van der Waals surface area (Å²) >= 11 is 4.47. The van der Waals surface area contributed by atoms with Crippen molar-refractivity contribution in [3.8, 4) is 0 Å². The number of nitrogens with two attached hydrogens (primary N) is 1. The molecule has 1 aromatic rings. The molecule has 0 fully saturated rings. The van der Waals surface area contributed by atoms with Gasteiger partial charge >= 0.3 is 0 Å². The van der Waals surface area contributed by atoms with E-state index in [9.17, 15) is 8.42 Å². The highest BCUT2D eigenvalue weighted by atomic mass is 79.9. The molecule has 112 valence electrons. The van der Waals surface area contributed by atoms with E-state index in [-0.39, 0.29) is 18.4 Å². The summed E-state index contributed by atoms with van der Waals surface area (Å²) in [5, 5.41) is 1.75. The second kappa shape index (κ2) is 7.95. The minimum atomic E-state index is -3.40. The summed E-state index contributed by atoms with van der Waals surface area (Å²) in [7, 11) is -1.81. The molecule has 2 N–H and O–H groups in total. The number of hydrogen-bond donors (Lipinski definition) is 1. The lowest BCUT2D eigenvalue weighted by molar-refractivity contribution is 0.398. The van der Waals surface area contributed by atoms with Crippen LogP contribution in [-0.2, 0) is 10.0 Å². The Morgan fingerprint density at radius 1 is 1.47 bits per heavy atom. The quantitative estimate of drug-likeness (QED) is 0.811. The molecule has 0 aromatic carbocycles. The molecule has 0 spiro atoms. The summed E-state index contributed by atoms with van der Waals surface area (Å²) in [6.45, 7) is 4.51. The van der Waals surface area contributed by atoms with Crippen molar-refractivity contribution in [2.75, 3.05) is 13.6 Å². The Labute approximate surface area is 134 Å². The molecule has 0 amide bonds. The Hall–Kier alpha value is 0.340. The van der Waals surface area contributed by atoms with Crippen LogP contribution in [0.2, 0.25) is 0 Å². The van der Waals surface area contributed by atoms with E-state index >= 15 is 0 Å². The summed E-state index contributed by atoms with van der Waals surface area (Å²) in [5.41, 5.74) is 5.93. The topological polar surface area (TPSA) is 63.4 Å². The average molecular weight is 392 g/mol. The van der Waals surface area contributed by atoms with Crippen LogP contribution in [0.3, 0.4) is 0 Å². The maximum absolute atomic E-state index is 12.3. The highest BCUT2D eigenvalue weighted by molar-refractivity contribution is 9.10. The average Bonchev–Trinajstić information content (AvgIpc) is 2.71. The fourth-order valence-corrected chi connectivity index (χ4v) is 5.08. The maximum Gasteiger partial charge on any atom is 0.253 e. The molecule has 0 saturated carbocycles. The minimum absolute atomic E-state index is 0. The van der Waals surface area contributed by atoms with Crippen LogP contribution in [0, 0.1) is 5.92 Å². The number of thiophene rings is 1. The molecular formula is C11H20BrClN2O2S2. The smallest absolute Gasteiger partial charge is 0.253 e. The first-order valence-corrected chi connectivity index (χ1v) is 8.83. The fraction of sp³-hybridized carbons (Fsp3) is 0.636. The number of sulfonamides is 1. The Kier molecular flexibility index (Phi) is 8.09. The Balaban J connectivity index is 0.00000324. The summed E-state index contributed by atoms with van der Waals surface area (Å²) in [4.78, 5) is 0. The molecular weight excluding hydrogens is 372 g/mol. The van der Waals surface area contributed by atoms with Crippen molar-refractivity contribution in [1.29, 1.82) is 0 Å². The van der Waals surface area contributed by atoms with E-state index in [1.165, 1.54) is 15.6 Å². The molecule has 0 aliphatic carbocycles. The molecule has 0 aliphatic heterocycles. The number of hydrogen-bond acceptors (Lipinski definition) is 4. The van der Waals surface area contributed by atoms with E-state index in [0.717, 1.165) is 0 Å². The van der Waals surface area contributed by atoms with Gasteiger partial charge < -0.3 is 5.73 Å². The third-order valence-electron chi connectivity index (χ3n) is 2.86. The van der Waals surface area contributed by atoms with E-state index in [4.69, 9.17) is 5.73 Å². The van der Waals surface area contributed by atoms with Crippen molar-refractivity contribution < 1.29 is 8.42 Å². The number of nitrogens with zero attached hydrogens (tertiary/aromatic N) is 1. The SMILES string of the molecule is CC(C)C(N)CCN(C)S(=O)(=O)c1sccc1Br.Cl. The molecule has 4 nitrogen and oxygen atoms in total. The Morgan fingerprint density at radius 2 is 2.05 bits per heavy atom. The van der Waals surface area contributed by atoms with Crippen LogP contribution in [0.4, 0.5) is 0 Å². The molecule has 0 aliphatic rings. The van der Waals surface area contributed by atoms with Gasteiger partial charge in [0.25, 0.3) is 10.0 Å². The molecule has 1 atom stereocenters. The first-order valence-electron chi connectivity index (χ1n) is 5.71. The van der Waals surface area contributed by atoms with Gasteiger partial charge in [-0.1, -0.05) is 13.8 Å². The van der Waals surface area contributed by atoms with Crippen LogP contribution < -0.4 is 5.73 Å². The van der Waals surface area contributed by atoms with Crippen molar-refractivity contribution in [2.24, 2.45) is 11.7 Å². The molecule has 1 unspecified atom stereocenters. The van der Waals surface area contributed by atoms with Gasteiger partial charge in [0.1, 0.15) is 4.21 Å². The first-order chi connectivity index (χ1) is 8.26. The van der Waals surface area contributed by atoms with Gasteiger partial charge in [-0.25, -0.2) is 12.7 Å². The van der Waals surface area contributed by atoms with Crippen LogP contribution in [-0.4, -0.2) is 32.4 Å². The highest BCUT2D eigenvalue weighted by Crippen LogP contribution is 2.29. The van der Waals surface area contributed by atoms with Gasteiger partial charge in [-0.3, -0.25) is 0 Å². The molecule has 1 rings (SSSR count). The third kappa shape index (κ3) is 4.99. The van der Waals surface area contributed by atoms with Gasteiger partial charge in [0.15, 0.2) is 0 Å². The largest absolute Gasteiger partial charge is 0.327 e. The summed E-state index contributed by atoms with van der Waals surface area (Å²) < 4.78 is 26.9. The van der Waals surface area contributed by atoms with E-state index < -0.39 is 10.0 Å². The zero-order chi connectivity index (χ0) is 13.9. The fourth-order valence-electron chi connectivity index (χ4n) is 1.39. The maximum atomic E-state index is 12.3. The van der Waals surface area contributed by atoms with Gasteiger partial charge in [0, 0.05) is 24.1 Å². The summed E-state index contributed by atoms with van der Waals surface area (Å²) in [6.07, 6.45) is 0.663. The number of rotatable bonds is 6. The summed E-state index contributed by atoms with van der Waals surface area (Å²) in [6, 6.07) is 1.76. The van der Waals surface area contributed by atoms with Gasteiger partial charge in [-0.15, -0.1) is 23.7 Å². The lowest BCUT2D eigenvalue weighted by Crippen LogP contribution is -2.34. The number of halogens is 2. The van der Waals surface area contributed by atoms with Gasteiger partial charge in [-0.2, -0.15) is 0 Å². The third-order valence-corrected chi connectivity index (χ3v) is 7.37. The lowest BCUT2D eigenvalue weighted by Gasteiger charge is -2.20. The van der Waals surface area contributed by atoms with E-state index in [1.54, 1.807) is 18.5 Å². The molecule has 0 radical (unpaired) electrons. The van der Waals surface area contributed by atoms with Crippen molar-refractivity contribution in [3.05, 3.63) is 15.9 Å². The first kappa shape index (κ1) is 19.3. The second-order valence-electron chi connectivity index (χ2n) is 4.58. The van der Waals surface area contributed by atoms with E-state index in [0.29, 0.717) is 27.6 Å². The molecule has 0 saturated heterocycles. The predicted molar refractivity (Wildman–Crippen MR) is 86.5 cm³/mol. The minimum Gasteiger partial charge on any atom is -0.327 e. The van der Waals surface area contributed by atoms with Crippen LogP contribution in [0.1, 0.15) is 20.3 Å². The van der Waals surface area contributed by atoms with Crippen LogP contribution in [0.5, 0.6) is 0 Å². The van der Waals surface area contributed by atoms with Crippen molar-refractivity contribution in [1.82, 2.24) is 4.31 Å². The van der Waals surface area contributed by atoms with Crippen LogP contribution in [0.15, 0.2) is 20.1 Å². The second-order valence-corrected chi connectivity index (χ2v) is 8.59. The van der Waals surface area contributed by atoms with Gasteiger partial charge in [0.2, 0.25) is 0 Å². The normalized spacial score (nSPS) is 13.6.